The first-order valence-electron chi connectivity index (χ1n) is 8.45. The quantitative estimate of drug-likeness (QED) is 0.904. The van der Waals surface area contributed by atoms with E-state index in [2.05, 4.69) is 0 Å². The minimum absolute atomic E-state index is 0.101. The zero-order valence-electron chi connectivity index (χ0n) is 14.1. The fourth-order valence-corrected chi connectivity index (χ4v) is 3.56. The predicted molar refractivity (Wildman–Crippen MR) is 88.5 cm³/mol. The molecule has 1 unspecified atom stereocenters. The highest BCUT2D eigenvalue weighted by Gasteiger charge is 2.39. The van der Waals surface area contributed by atoms with E-state index < -0.39 is 17.8 Å². The molecule has 2 saturated heterocycles. The van der Waals surface area contributed by atoms with E-state index in [1.807, 2.05) is 0 Å². The predicted octanol–water partition coefficient (Wildman–Crippen LogP) is 1.81. The Bertz CT molecular complexity index is 721. The summed E-state index contributed by atoms with van der Waals surface area (Å²) < 4.78 is 13.4. The summed E-state index contributed by atoms with van der Waals surface area (Å²) in [6.45, 7) is 2.61. The highest BCUT2D eigenvalue weighted by Crippen LogP contribution is 2.29. The lowest BCUT2D eigenvalue weighted by atomic mass is 9.96. The third kappa shape index (κ3) is 3.50. The molecule has 1 aromatic carbocycles. The van der Waals surface area contributed by atoms with Crippen molar-refractivity contribution in [3.05, 3.63) is 29.6 Å². The van der Waals surface area contributed by atoms with Gasteiger partial charge in [0.15, 0.2) is 0 Å². The molecule has 2 amide bonds. The minimum Gasteiger partial charge on any atom is -0.481 e. The van der Waals surface area contributed by atoms with Crippen molar-refractivity contribution >= 4 is 23.5 Å². The van der Waals surface area contributed by atoms with Gasteiger partial charge < -0.3 is 14.9 Å². The topological polar surface area (TPSA) is 77.9 Å². The lowest BCUT2D eigenvalue weighted by molar-refractivity contribution is -0.146. The van der Waals surface area contributed by atoms with Gasteiger partial charge in [0, 0.05) is 31.7 Å². The van der Waals surface area contributed by atoms with Gasteiger partial charge in [-0.3, -0.25) is 14.4 Å². The van der Waals surface area contributed by atoms with Gasteiger partial charge in [0.2, 0.25) is 11.8 Å². The number of carboxylic acids is 1. The van der Waals surface area contributed by atoms with Crippen molar-refractivity contribution in [2.24, 2.45) is 11.8 Å². The first-order chi connectivity index (χ1) is 11.9. The van der Waals surface area contributed by atoms with Crippen LogP contribution in [-0.4, -0.2) is 47.4 Å². The van der Waals surface area contributed by atoms with Crippen LogP contribution in [0.3, 0.4) is 0 Å². The molecule has 2 heterocycles. The second-order valence-electron chi connectivity index (χ2n) is 6.80. The number of carboxylic acid groups (broad SMARTS) is 1. The van der Waals surface area contributed by atoms with Crippen molar-refractivity contribution in [3.8, 4) is 0 Å². The molecule has 0 saturated carbocycles. The van der Waals surface area contributed by atoms with Crippen LogP contribution in [0, 0.1) is 24.6 Å². The Morgan fingerprint density at radius 1 is 1.24 bits per heavy atom. The van der Waals surface area contributed by atoms with Crippen molar-refractivity contribution in [3.63, 3.8) is 0 Å². The summed E-state index contributed by atoms with van der Waals surface area (Å²) in [7, 11) is 0. The number of aliphatic carboxylic acids is 1. The molecule has 0 bridgehead atoms. The molecule has 3 rings (SSSR count). The second-order valence-corrected chi connectivity index (χ2v) is 6.80. The molecule has 0 spiro atoms. The Kier molecular flexibility index (Phi) is 4.74. The molecule has 2 atom stereocenters. The van der Waals surface area contributed by atoms with Gasteiger partial charge in [-0.2, -0.15) is 0 Å². The maximum absolute atomic E-state index is 13.4. The number of halogens is 1. The van der Waals surface area contributed by atoms with Gasteiger partial charge in [-0.15, -0.1) is 0 Å². The van der Waals surface area contributed by atoms with Gasteiger partial charge in [0.1, 0.15) is 5.82 Å². The van der Waals surface area contributed by atoms with E-state index in [4.69, 9.17) is 5.11 Å². The summed E-state index contributed by atoms with van der Waals surface area (Å²) in [6, 6.07) is 4.45. The number of carbonyl (C=O) groups excluding carboxylic acids is 2. The smallest absolute Gasteiger partial charge is 0.308 e. The molecule has 6 nitrogen and oxygen atoms in total. The van der Waals surface area contributed by atoms with Gasteiger partial charge in [-0.1, -0.05) is 0 Å². The molecule has 1 N–H and O–H groups in total. The average Bonchev–Trinajstić information content (AvgIpc) is 2.98. The third-order valence-corrected chi connectivity index (χ3v) is 5.01. The SMILES string of the molecule is Cc1cc(N2CC(C(=O)N3CCC[C@H](C(=O)O)C3)CC2=O)ccc1F. The van der Waals surface area contributed by atoms with Crippen LogP contribution in [0.2, 0.25) is 0 Å². The van der Waals surface area contributed by atoms with Crippen LogP contribution in [0.15, 0.2) is 18.2 Å². The number of anilines is 1. The van der Waals surface area contributed by atoms with Crippen molar-refractivity contribution in [2.45, 2.75) is 26.2 Å². The lowest BCUT2D eigenvalue weighted by Crippen LogP contribution is -2.45. The minimum atomic E-state index is -0.886. The largest absolute Gasteiger partial charge is 0.481 e. The Balaban J connectivity index is 1.70. The molecule has 0 aromatic heterocycles. The highest BCUT2D eigenvalue weighted by molar-refractivity contribution is 6.00. The van der Waals surface area contributed by atoms with Gasteiger partial charge in [-0.25, -0.2) is 4.39 Å². The number of nitrogens with zero attached hydrogens (tertiary/aromatic N) is 2. The summed E-state index contributed by atoms with van der Waals surface area (Å²) in [5.41, 5.74) is 1.03. The monoisotopic (exact) mass is 348 g/mol. The Morgan fingerprint density at radius 3 is 2.68 bits per heavy atom. The van der Waals surface area contributed by atoms with E-state index >= 15 is 0 Å². The summed E-state index contributed by atoms with van der Waals surface area (Å²) in [6.07, 6.45) is 1.33. The summed E-state index contributed by atoms with van der Waals surface area (Å²) in [5.74, 6) is -2.58. The second kappa shape index (κ2) is 6.82. The average molecular weight is 348 g/mol. The zero-order valence-corrected chi connectivity index (χ0v) is 14.1. The first-order valence-corrected chi connectivity index (χ1v) is 8.45. The molecule has 0 aliphatic carbocycles. The normalized spacial score (nSPS) is 23.8. The number of piperidine rings is 1. The maximum atomic E-state index is 13.4. The standard InChI is InChI=1S/C18H21FN2O4/c1-11-7-14(4-5-15(11)19)21-10-13(8-16(21)22)17(23)20-6-2-3-12(9-20)18(24)25/h4-5,7,12-13H,2-3,6,8-10H2,1H3,(H,24,25)/t12-,13?/m0/s1. The lowest BCUT2D eigenvalue weighted by Gasteiger charge is -2.32. The molecule has 2 fully saturated rings. The molecule has 25 heavy (non-hydrogen) atoms. The van der Waals surface area contributed by atoms with E-state index in [9.17, 15) is 18.8 Å². The molecule has 2 aliphatic rings. The van der Waals surface area contributed by atoms with E-state index in [0.29, 0.717) is 30.6 Å². The number of amides is 2. The van der Waals surface area contributed by atoms with E-state index in [-0.39, 0.29) is 37.1 Å². The molecule has 2 aliphatic heterocycles. The van der Waals surface area contributed by atoms with Crippen molar-refractivity contribution in [1.29, 1.82) is 0 Å². The third-order valence-electron chi connectivity index (χ3n) is 5.01. The van der Waals surface area contributed by atoms with Gasteiger partial charge in [-0.05, 0) is 43.5 Å². The van der Waals surface area contributed by atoms with E-state index in [0.717, 1.165) is 0 Å². The van der Waals surface area contributed by atoms with Crippen molar-refractivity contribution in [1.82, 2.24) is 4.90 Å². The summed E-state index contributed by atoms with van der Waals surface area (Å²) in [4.78, 5) is 39.3. The number of hydrogen-bond donors (Lipinski definition) is 1. The Morgan fingerprint density at radius 2 is 2.00 bits per heavy atom. The molecule has 134 valence electrons. The maximum Gasteiger partial charge on any atom is 0.308 e. The van der Waals surface area contributed by atoms with Crippen LogP contribution in [0.25, 0.3) is 0 Å². The molecule has 1 aromatic rings. The molecule has 0 radical (unpaired) electrons. The van der Waals surface area contributed by atoms with E-state index in [1.54, 1.807) is 17.9 Å². The van der Waals surface area contributed by atoms with Crippen LogP contribution in [0.4, 0.5) is 10.1 Å². The van der Waals surface area contributed by atoms with Crippen LogP contribution in [-0.2, 0) is 14.4 Å². The van der Waals surface area contributed by atoms with Crippen LogP contribution < -0.4 is 4.90 Å². The summed E-state index contributed by atoms with van der Waals surface area (Å²) in [5, 5.41) is 9.15. The van der Waals surface area contributed by atoms with Crippen molar-refractivity contribution in [2.75, 3.05) is 24.5 Å². The molecular weight excluding hydrogens is 327 g/mol. The number of carbonyl (C=O) groups is 3. The van der Waals surface area contributed by atoms with Gasteiger partial charge in [0.05, 0.1) is 11.8 Å². The van der Waals surface area contributed by atoms with Gasteiger partial charge >= 0.3 is 5.97 Å². The fraction of sp³-hybridized carbons (Fsp3) is 0.500. The highest BCUT2D eigenvalue weighted by atomic mass is 19.1. The molecule has 7 heteroatoms. The van der Waals surface area contributed by atoms with Crippen LogP contribution in [0.5, 0.6) is 0 Å². The molecular formula is C18H21FN2O4. The van der Waals surface area contributed by atoms with E-state index in [1.165, 1.54) is 17.0 Å². The van der Waals surface area contributed by atoms with Crippen LogP contribution >= 0.6 is 0 Å². The first kappa shape index (κ1) is 17.4. The number of aryl methyl sites for hydroxylation is 1. The summed E-state index contributed by atoms with van der Waals surface area (Å²) >= 11 is 0. The zero-order chi connectivity index (χ0) is 18.1. The van der Waals surface area contributed by atoms with Gasteiger partial charge in [0.25, 0.3) is 0 Å². The number of hydrogen-bond acceptors (Lipinski definition) is 3. The number of likely N-dealkylation sites (tertiary alicyclic amines) is 1. The Hall–Kier alpha value is -2.44. The van der Waals surface area contributed by atoms with Crippen molar-refractivity contribution < 1.29 is 23.9 Å². The number of benzene rings is 1. The van der Waals surface area contributed by atoms with Crippen LogP contribution in [0.1, 0.15) is 24.8 Å². The Labute approximate surface area is 145 Å². The number of rotatable bonds is 3. The fourth-order valence-electron chi connectivity index (χ4n) is 3.56.